The average molecular weight is 681 g/mol. The second-order valence-corrected chi connectivity index (χ2v) is 12.6. The van der Waals surface area contributed by atoms with Gasteiger partial charge in [0.15, 0.2) is 4.80 Å². The number of para-hydroxylation sites is 1. The third kappa shape index (κ3) is 5.40. The van der Waals surface area contributed by atoms with E-state index in [1.807, 2.05) is 59.2 Å². The van der Waals surface area contributed by atoms with Crippen LogP contribution in [0.1, 0.15) is 40.3 Å². The number of fused-ring (bicyclic) bond motifs is 3. The Morgan fingerprint density at radius 3 is 2.58 bits per heavy atom. The molecule has 1 aromatic heterocycles. The van der Waals surface area contributed by atoms with E-state index in [1.165, 1.54) is 29.0 Å². The molecule has 8 nitrogen and oxygen atoms in total. The Labute approximate surface area is 270 Å². The molecule has 0 saturated heterocycles. The summed E-state index contributed by atoms with van der Waals surface area (Å²) in [6, 6.07) is 27.8. The number of hydrogen-bond acceptors (Lipinski definition) is 7. The van der Waals surface area contributed by atoms with Crippen LogP contribution in [0.3, 0.4) is 0 Å². The number of rotatable bonds is 7. The molecule has 4 aromatic carbocycles. The van der Waals surface area contributed by atoms with Gasteiger partial charge < -0.3 is 9.47 Å². The SMILES string of the molecule is COc1ccccc1[C@@H]1C2=C(N=c3s/c(=C\c4ccc(OCc5ccc([N+](=O)[O-])cc5)c(Br)c4)c(=O)n31)c1ccccc1CC2. The number of hydrogen-bond donors (Lipinski definition) is 0. The lowest BCUT2D eigenvalue weighted by Crippen LogP contribution is -2.39. The molecule has 10 heteroatoms. The van der Waals surface area contributed by atoms with Gasteiger partial charge in [0.05, 0.1) is 32.8 Å². The Morgan fingerprint density at radius 1 is 1.02 bits per heavy atom. The third-order valence-electron chi connectivity index (χ3n) is 8.10. The summed E-state index contributed by atoms with van der Waals surface area (Å²) in [7, 11) is 1.66. The van der Waals surface area contributed by atoms with Crippen molar-refractivity contribution in [1.82, 2.24) is 4.57 Å². The predicted molar refractivity (Wildman–Crippen MR) is 177 cm³/mol. The van der Waals surface area contributed by atoms with Crippen molar-refractivity contribution < 1.29 is 14.4 Å². The van der Waals surface area contributed by atoms with Crippen molar-refractivity contribution in [2.45, 2.75) is 25.5 Å². The molecule has 224 valence electrons. The van der Waals surface area contributed by atoms with Crippen LogP contribution in [-0.2, 0) is 13.0 Å². The lowest BCUT2D eigenvalue weighted by Gasteiger charge is -2.31. The summed E-state index contributed by atoms with van der Waals surface area (Å²) < 4.78 is 14.9. The fraction of sp³-hybridized carbons (Fsp3) is 0.143. The molecule has 0 spiro atoms. The van der Waals surface area contributed by atoms with E-state index in [0.29, 0.717) is 15.1 Å². The number of allylic oxidation sites excluding steroid dienone is 1. The van der Waals surface area contributed by atoms with Gasteiger partial charge in [-0.3, -0.25) is 19.5 Å². The van der Waals surface area contributed by atoms with E-state index < -0.39 is 4.92 Å². The number of aryl methyl sites for hydroxylation is 1. The Kier molecular flexibility index (Phi) is 7.68. The fourth-order valence-electron chi connectivity index (χ4n) is 5.94. The maximum absolute atomic E-state index is 14.1. The Hall–Kier alpha value is -4.80. The van der Waals surface area contributed by atoms with Crippen LogP contribution in [0, 0.1) is 10.1 Å². The lowest BCUT2D eigenvalue weighted by molar-refractivity contribution is -0.384. The number of halogens is 1. The van der Waals surface area contributed by atoms with Crippen LogP contribution >= 0.6 is 27.3 Å². The van der Waals surface area contributed by atoms with E-state index in [1.54, 1.807) is 19.2 Å². The van der Waals surface area contributed by atoms with Crippen molar-refractivity contribution in [2.24, 2.45) is 4.99 Å². The highest BCUT2D eigenvalue weighted by Crippen LogP contribution is 2.43. The van der Waals surface area contributed by atoms with Crippen molar-refractivity contribution in [1.29, 1.82) is 0 Å². The van der Waals surface area contributed by atoms with Crippen LogP contribution in [0.4, 0.5) is 5.69 Å². The molecule has 0 amide bonds. The number of nitrogens with zero attached hydrogens (tertiary/aromatic N) is 3. The number of methoxy groups -OCH3 is 1. The van der Waals surface area contributed by atoms with Gasteiger partial charge in [-0.05, 0) is 87.4 Å². The van der Waals surface area contributed by atoms with Gasteiger partial charge in [0, 0.05) is 23.3 Å². The first-order valence-electron chi connectivity index (χ1n) is 14.3. The van der Waals surface area contributed by atoms with Crippen LogP contribution < -0.4 is 24.4 Å². The van der Waals surface area contributed by atoms with Crippen molar-refractivity contribution >= 4 is 44.7 Å². The number of non-ortho nitro benzene ring substituents is 1. The molecule has 0 unspecified atom stereocenters. The summed E-state index contributed by atoms with van der Waals surface area (Å²) in [4.78, 5) is 30.4. The van der Waals surface area contributed by atoms with E-state index in [-0.39, 0.29) is 23.9 Å². The highest BCUT2D eigenvalue weighted by molar-refractivity contribution is 9.10. The summed E-state index contributed by atoms with van der Waals surface area (Å²) >= 11 is 4.98. The molecule has 45 heavy (non-hydrogen) atoms. The van der Waals surface area contributed by atoms with E-state index in [2.05, 4.69) is 34.1 Å². The number of thiazole rings is 1. The highest BCUT2D eigenvalue weighted by atomic mass is 79.9. The molecule has 7 rings (SSSR count). The smallest absolute Gasteiger partial charge is 0.271 e. The van der Waals surface area contributed by atoms with Gasteiger partial charge in [-0.25, -0.2) is 4.99 Å². The first-order valence-corrected chi connectivity index (χ1v) is 15.9. The normalized spacial score (nSPS) is 15.5. The maximum Gasteiger partial charge on any atom is 0.271 e. The minimum Gasteiger partial charge on any atom is -0.496 e. The van der Waals surface area contributed by atoms with Crippen molar-refractivity contribution in [3.05, 3.63) is 159 Å². The summed E-state index contributed by atoms with van der Waals surface area (Å²) in [5.41, 5.74) is 6.95. The van der Waals surface area contributed by atoms with Gasteiger partial charge >= 0.3 is 0 Å². The molecule has 0 bridgehead atoms. The first-order chi connectivity index (χ1) is 21.9. The summed E-state index contributed by atoms with van der Waals surface area (Å²) in [6.45, 7) is 0.255. The minimum absolute atomic E-state index is 0.0359. The zero-order valence-electron chi connectivity index (χ0n) is 24.1. The largest absolute Gasteiger partial charge is 0.496 e. The molecule has 0 N–H and O–H groups in total. The third-order valence-corrected chi connectivity index (χ3v) is 9.70. The Bertz CT molecular complexity index is 2190. The molecule has 2 aliphatic rings. The van der Waals surface area contributed by atoms with Gasteiger partial charge in [-0.2, -0.15) is 0 Å². The molecular weight excluding hydrogens is 654 g/mol. The molecule has 2 heterocycles. The molecule has 5 aromatic rings. The number of aromatic nitrogens is 1. The summed E-state index contributed by atoms with van der Waals surface area (Å²) in [5, 5.41) is 10.9. The van der Waals surface area contributed by atoms with Crippen LogP contribution in [0.15, 0.2) is 111 Å². The standard InChI is InChI=1S/C35H26BrN3O5S/c1-43-29-9-5-4-8-26(29)33-27-16-13-23-6-2-3-7-25(23)32(27)37-35-38(33)34(40)31(45-35)19-22-12-17-30(28(36)18-22)44-20-21-10-14-24(15-11-21)39(41)42/h2-12,14-15,17-19,33H,13,16,20H2,1H3/b31-19-/t33-/m1/s1. The molecular formula is C35H26BrN3O5S. The summed E-state index contributed by atoms with van der Waals surface area (Å²) in [6.07, 6.45) is 3.56. The number of nitro benzene ring substituents is 1. The van der Waals surface area contributed by atoms with Gasteiger partial charge in [-0.15, -0.1) is 0 Å². The van der Waals surface area contributed by atoms with Crippen molar-refractivity contribution in [3.8, 4) is 11.5 Å². The van der Waals surface area contributed by atoms with Crippen molar-refractivity contribution in [2.75, 3.05) is 7.11 Å². The predicted octanol–water partition coefficient (Wildman–Crippen LogP) is 6.58. The van der Waals surface area contributed by atoms with Crippen LogP contribution in [0.2, 0.25) is 0 Å². The average Bonchev–Trinajstić information content (AvgIpc) is 3.37. The van der Waals surface area contributed by atoms with E-state index in [4.69, 9.17) is 14.5 Å². The van der Waals surface area contributed by atoms with E-state index in [0.717, 1.165) is 56.6 Å². The van der Waals surface area contributed by atoms with Crippen molar-refractivity contribution in [3.63, 3.8) is 0 Å². The minimum atomic E-state index is -0.428. The Morgan fingerprint density at radius 2 is 1.80 bits per heavy atom. The van der Waals surface area contributed by atoms with Gasteiger partial charge in [0.2, 0.25) is 0 Å². The van der Waals surface area contributed by atoms with Crippen LogP contribution in [-0.4, -0.2) is 16.6 Å². The molecule has 0 fully saturated rings. The molecule has 1 aliphatic heterocycles. The highest BCUT2D eigenvalue weighted by Gasteiger charge is 2.34. The first kappa shape index (κ1) is 28.9. The second kappa shape index (κ2) is 11.9. The monoisotopic (exact) mass is 679 g/mol. The van der Waals surface area contributed by atoms with Gasteiger partial charge in [0.25, 0.3) is 11.2 Å². The quantitative estimate of drug-likeness (QED) is 0.143. The van der Waals surface area contributed by atoms with E-state index in [9.17, 15) is 14.9 Å². The summed E-state index contributed by atoms with van der Waals surface area (Å²) in [5.74, 6) is 1.35. The maximum atomic E-state index is 14.1. The van der Waals surface area contributed by atoms with Gasteiger partial charge in [0.1, 0.15) is 18.1 Å². The molecule has 1 aliphatic carbocycles. The number of benzene rings is 4. The number of nitro groups is 1. The zero-order chi connectivity index (χ0) is 31.1. The van der Waals surface area contributed by atoms with E-state index >= 15 is 0 Å². The van der Waals surface area contributed by atoms with Crippen LogP contribution in [0.25, 0.3) is 11.8 Å². The second-order valence-electron chi connectivity index (χ2n) is 10.8. The van der Waals surface area contributed by atoms with Gasteiger partial charge in [-0.1, -0.05) is 59.9 Å². The van der Waals surface area contributed by atoms with Crippen LogP contribution in [0.5, 0.6) is 11.5 Å². The number of ether oxygens (including phenoxy) is 2. The zero-order valence-corrected chi connectivity index (χ0v) is 26.5. The molecule has 0 saturated carbocycles. The Balaban J connectivity index is 1.27. The lowest BCUT2D eigenvalue weighted by atomic mass is 9.83. The fourth-order valence-corrected chi connectivity index (χ4v) is 7.45. The molecule has 1 atom stereocenters. The topological polar surface area (TPSA) is 96.0 Å². The molecule has 0 radical (unpaired) electrons.